The van der Waals surface area contributed by atoms with Crippen molar-refractivity contribution in [3.8, 4) is 0 Å². The molecule has 26 heavy (non-hydrogen) atoms. The largest absolute Gasteiger partial charge is 0.436 e. The Morgan fingerprint density at radius 2 is 2.04 bits per heavy atom. The number of aryl methyl sites for hydroxylation is 1. The molecular formula is C15H15F4N3O3S. The summed E-state index contributed by atoms with van der Waals surface area (Å²) in [5, 5.41) is 3.25. The Hall–Kier alpha value is -1.98. The molecule has 1 saturated heterocycles. The highest BCUT2D eigenvalue weighted by molar-refractivity contribution is 7.89. The fourth-order valence-corrected chi connectivity index (χ4v) is 4.60. The lowest BCUT2D eigenvalue weighted by molar-refractivity contribution is -0.143. The van der Waals surface area contributed by atoms with Crippen molar-refractivity contribution in [3.63, 3.8) is 0 Å². The summed E-state index contributed by atoms with van der Waals surface area (Å²) in [6.07, 6.45) is -4.11. The Labute approximate surface area is 147 Å². The first kappa shape index (κ1) is 18.8. The Balaban J connectivity index is 2.08. The van der Waals surface area contributed by atoms with E-state index in [1.54, 1.807) is 0 Å². The first-order chi connectivity index (χ1) is 12.1. The van der Waals surface area contributed by atoms with Crippen LogP contribution in [0.2, 0.25) is 0 Å². The van der Waals surface area contributed by atoms with Crippen LogP contribution in [0.3, 0.4) is 0 Å². The summed E-state index contributed by atoms with van der Waals surface area (Å²) in [4.78, 5) is -0.934. The summed E-state index contributed by atoms with van der Waals surface area (Å²) in [7, 11) is -3.33. The number of hydrogen-bond acceptors (Lipinski definition) is 4. The Morgan fingerprint density at radius 1 is 1.31 bits per heavy atom. The molecule has 1 aromatic carbocycles. The normalized spacial score (nSPS) is 19.7. The third-order valence-corrected chi connectivity index (χ3v) is 5.87. The van der Waals surface area contributed by atoms with Crippen LogP contribution in [-0.4, -0.2) is 42.3 Å². The van der Waals surface area contributed by atoms with Gasteiger partial charge in [0.1, 0.15) is 10.7 Å². The molecular weight excluding hydrogens is 378 g/mol. The average molecular weight is 393 g/mol. The maximum atomic E-state index is 13.5. The van der Waals surface area contributed by atoms with E-state index in [9.17, 15) is 26.0 Å². The van der Waals surface area contributed by atoms with E-state index in [2.05, 4.69) is 5.10 Å². The van der Waals surface area contributed by atoms with Crippen LogP contribution in [0.5, 0.6) is 0 Å². The van der Waals surface area contributed by atoms with Crippen molar-refractivity contribution >= 4 is 10.0 Å². The van der Waals surface area contributed by atoms with Crippen molar-refractivity contribution in [1.82, 2.24) is 14.1 Å². The van der Waals surface area contributed by atoms with Gasteiger partial charge in [-0.15, -0.1) is 0 Å². The molecule has 1 aliphatic rings. The zero-order valence-electron chi connectivity index (χ0n) is 13.6. The van der Waals surface area contributed by atoms with Gasteiger partial charge in [0.05, 0.1) is 19.3 Å². The van der Waals surface area contributed by atoms with Crippen LogP contribution < -0.4 is 0 Å². The summed E-state index contributed by atoms with van der Waals surface area (Å²) in [5.74, 6) is -0.581. The Morgan fingerprint density at radius 3 is 2.69 bits per heavy atom. The molecule has 0 bridgehead atoms. The SMILES string of the molecule is Cn1cc(S(=O)(=O)N2CCOCC2c2cccc(F)c2)c(C(F)(F)F)n1. The Kier molecular flexibility index (Phi) is 4.80. The second kappa shape index (κ2) is 6.63. The van der Waals surface area contributed by atoms with Crippen molar-refractivity contribution in [3.05, 3.63) is 47.5 Å². The molecule has 142 valence electrons. The van der Waals surface area contributed by atoms with Gasteiger partial charge in [-0.3, -0.25) is 4.68 Å². The van der Waals surface area contributed by atoms with Crippen LogP contribution in [0.25, 0.3) is 0 Å². The van der Waals surface area contributed by atoms with Gasteiger partial charge in [-0.05, 0) is 17.7 Å². The molecule has 0 spiro atoms. The second-order valence-corrected chi connectivity index (χ2v) is 7.63. The van der Waals surface area contributed by atoms with E-state index in [0.717, 1.165) is 21.3 Å². The molecule has 0 saturated carbocycles. The van der Waals surface area contributed by atoms with Crippen molar-refractivity contribution in [2.45, 2.75) is 17.1 Å². The fraction of sp³-hybridized carbons (Fsp3) is 0.400. The predicted molar refractivity (Wildman–Crippen MR) is 82.1 cm³/mol. The Bertz CT molecular complexity index is 911. The minimum Gasteiger partial charge on any atom is -0.378 e. The second-order valence-electron chi connectivity index (χ2n) is 5.77. The minimum absolute atomic E-state index is 0.0205. The topological polar surface area (TPSA) is 64.4 Å². The first-order valence-corrected chi connectivity index (χ1v) is 9.00. The van der Waals surface area contributed by atoms with Crippen LogP contribution in [0.1, 0.15) is 17.3 Å². The van der Waals surface area contributed by atoms with Gasteiger partial charge in [0, 0.05) is 19.8 Å². The quantitative estimate of drug-likeness (QED) is 0.751. The molecule has 2 heterocycles. The number of morpholine rings is 1. The van der Waals surface area contributed by atoms with Gasteiger partial charge in [0.15, 0.2) is 5.69 Å². The first-order valence-electron chi connectivity index (χ1n) is 7.56. The number of sulfonamides is 1. The zero-order chi connectivity index (χ0) is 19.1. The molecule has 0 aliphatic carbocycles. The van der Waals surface area contributed by atoms with E-state index in [1.165, 1.54) is 25.2 Å². The highest BCUT2D eigenvalue weighted by atomic mass is 32.2. The summed E-state index contributed by atoms with van der Waals surface area (Å²) >= 11 is 0. The van der Waals surface area contributed by atoms with Crippen LogP contribution >= 0.6 is 0 Å². The number of hydrogen-bond donors (Lipinski definition) is 0. The van der Waals surface area contributed by atoms with Gasteiger partial charge in [-0.2, -0.15) is 22.6 Å². The molecule has 2 aromatic rings. The number of halogens is 4. The van der Waals surface area contributed by atoms with Gasteiger partial charge in [0.2, 0.25) is 10.0 Å². The molecule has 1 atom stereocenters. The van der Waals surface area contributed by atoms with Crippen molar-refractivity contribution in [1.29, 1.82) is 0 Å². The molecule has 1 fully saturated rings. The molecule has 1 aromatic heterocycles. The lowest BCUT2D eigenvalue weighted by Crippen LogP contribution is -2.43. The predicted octanol–water partition coefficient (Wildman–Crippen LogP) is 2.34. The van der Waals surface area contributed by atoms with Crippen LogP contribution in [0.4, 0.5) is 17.6 Å². The number of nitrogens with zero attached hydrogens (tertiary/aromatic N) is 3. The molecule has 1 aliphatic heterocycles. The number of rotatable bonds is 3. The highest BCUT2D eigenvalue weighted by Gasteiger charge is 2.44. The third kappa shape index (κ3) is 3.46. The van der Waals surface area contributed by atoms with E-state index >= 15 is 0 Å². The fourth-order valence-electron chi connectivity index (χ4n) is 2.83. The number of aromatic nitrogens is 2. The zero-order valence-corrected chi connectivity index (χ0v) is 14.4. The summed E-state index contributed by atoms with van der Waals surface area (Å²) in [5.41, 5.74) is -1.18. The van der Waals surface area contributed by atoms with Gasteiger partial charge in [0.25, 0.3) is 0 Å². The summed E-state index contributed by atoms with van der Waals surface area (Å²) in [6, 6.07) is 4.28. The number of ether oxygens (including phenoxy) is 1. The van der Waals surface area contributed by atoms with Gasteiger partial charge in [-0.25, -0.2) is 12.8 Å². The molecule has 11 heteroatoms. The van der Waals surface area contributed by atoms with Crippen molar-refractivity contribution in [2.24, 2.45) is 7.05 Å². The van der Waals surface area contributed by atoms with E-state index in [-0.39, 0.29) is 19.8 Å². The van der Waals surface area contributed by atoms with Gasteiger partial charge < -0.3 is 4.74 Å². The highest BCUT2D eigenvalue weighted by Crippen LogP contribution is 2.37. The lowest BCUT2D eigenvalue weighted by Gasteiger charge is -2.34. The monoisotopic (exact) mass is 393 g/mol. The smallest absolute Gasteiger partial charge is 0.378 e. The molecule has 0 amide bonds. The standard InChI is InChI=1S/C15H15F4N3O3S/c1-21-8-13(14(20-21)15(17,18)19)26(23,24)22-5-6-25-9-12(22)10-3-2-4-11(16)7-10/h2-4,7-8,12H,5-6,9H2,1H3. The maximum Gasteiger partial charge on any atom is 0.436 e. The third-order valence-electron chi connectivity index (χ3n) is 3.96. The van der Waals surface area contributed by atoms with Crippen LogP contribution in [0.15, 0.2) is 35.4 Å². The van der Waals surface area contributed by atoms with Crippen LogP contribution in [0, 0.1) is 5.82 Å². The van der Waals surface area contributed by atoms with E-state index in [1.807, 2.05) is 0 Å². The summed E-state index contributed by atoms with van der Waals surface area (Å²) < 4.78 is 86.0. The average Bonchev–Trinajstić information content (AvgIpc) is 2.98. The van der Waals surface area contributed by atoms with E-state index in [4.69, 9.17) is 4.74 Å². The number of benzene rings is 1. The molecule has 6 nitrogen and oxygen atoms in total. The molecule has 1 unspecified atom stereocenters. The maximum absolute atomic E-state index is 13.5. The molecule has 3 rings (SSSR count). The van der Waals surface area contributed by atoms with Gasteiger partial charge in [-0.1, -0.05) is 12.1 Å². The van der Waals surface area contributed by atoms with Crippen molar-refractivity contribution in [2.75, 3.05) is 19.8 Å². The van der Waals surface area contributed by atoms with E-state index < -0.39 is 38.6 Å². The summed E-state index contributed by atoms with van der Waals surface area (Å²) in [6.45, 7) is -0.230. The molecule has 0 radical (unpaired) electrons. The van der Waals surface area contributed by atoms with Crippen molar-refractivity contribution < 1.29 is 30.7 Å². The number of alkyl halides is 3. The minimum atomic E-state index is -4.93. The van der Waals surface area contributed by atoms with Gasteiger partial charge >= 0.3 is 6.18 Å². The van der Waals surface area contributed by atoms with E-state index in [0.29, 0.717) is 5.56 Å². The van der Waals surface area contributed by atoms with Crippen LogP contribution in [-0.2, 0) is 28.0 Å². The molecule has 0 N–H and O–H groups in total. The lowest BCUT2D eigenvalue weighted by atomic mass is 10.1.